The van der Waals surface area contributed by atoms with Crippen molar-refractivity contribution in [2.45, 2.75) is 25.3 Å². The van der Waals surface area contributed by atoms with Gasteiger partial charge in [0.1, 0.15) is 5.82 Å². The molecule has 1 aromatic carbocycles. The Labute approximate surface area is 123 Å². The third-order valence-corrected chi connectivity index (χ3v) is 4.44. The van der Waals surface area contributed by atoms with Crippen molar-refractivity contribution in [2.75, 3.05) is 5.73 Å². The number of rotatable bonds is 4. The Morgan fingerprint density at radius 2 is 2.00 bits per heavy atom. The minimum Gasteiger partial charge on any atom is -0.398 e. The number of pyridine rings is 1. The smallest absolute Gasteiger partial charge is 0.241 e. The van der Waals surface area contributed by atoms with Crippen molar-refractivity contribution in [1.29, 1.82) is 0 Å². The summed E-state index contributed by atoms with van der Waals surface area (Å²) in [6.45, 7) is 3.33. The minimum absolute atomic E-state index is 0.0272. The fourth-order valence-electron chi connectivity index (χ4n) is 1.78. The van der Waals surface area contributed by atoms with Crippen LogP contribution < -0.4 is 10.5 Å². The zero-order valence-electron chi connectivity index (χ0n) is 11.7. The number of anilines is 1. The van der Waals surface area contributed by atoms with Gasteiger partial charge in [0, 0.05) is 16.9 Å². The molecule has 7 heteroatoms. The lowest BCUT2D eigenvalue weighted by Gasteiger charge is -2.09. The molecule has 1 aromatic heterocycles. The molecular formula is C14H16FN3O2S. The molecule has 0 atom stereocenters. The highest BCUT2D eigenvalue weighted by atomic mass is 32.2. The molecule has 21 heavy (non-hydrogen) atoms. The summed E-state index contributed by atoms with van der Waals surface area (Å²) in [7, 11) is -3.84. The summed E-state index contributed by atoms with van der Waals surface area (Å²) in [5.74, 6) is -0.649. The summed E-state index contributed by atoms with van der Waals surface area (Å²) in [6.07, 6.45) is 0. The predicted molar refractivity (Wildman–Crippen MR) is 78.5 cm³/mol. The molecule has 1 heterocycles. The topological polar surface area (TPSA) is 85.1 Å². The lowest BCUT2D eigenvalue weighted by Crippen LogP contribution is -2.24. The van der Waals surface area contributed by atoms with Crippen LogP contribution in [-0.4, -0.2) is 13.4 Å². The molecule has 3 N–H and O–H groups in total. The molecule has 0 radical (unpaired) electrons. The van der Waals surface area contributed by atoms with E-state index in [9.17, 15) is 12.8 Å². The van der Waals surface area contributed by atoms with Crippen LogP contribution in [0.2, 0.25) is 0 Å². The van der Waals surface area contributed by atoms with Gasteiger partial charge >= 0.3 is 0 Å². The third-order valence-electron chi connectivity index (χ3n) is 3.06. The van der Waals surface area contributed by atoms with Gasteiger partial charge in [-0.25, -0.2) is 17.5 Å². The van der Waals surface area contributed by atoms with E-state index in [1.54, 1.807) is 12.1 Å². The molecule has 0 aliphatic rings. The fourth-order valence-corrected chi connectivity index (χ4v) is 2.82. The van der Waals surface area contributed by atoms with Gasteiger partial charge in [-0.2, -0.15) is 0 Å². The first-order chi connectivity index (χ1) is 9.79. The highest BCUT2D eigenvalue weighted by Crippen LogP contribution is 2.20. The van der Waals surface area contributed by atoms with Crippen molar-refractivity contribution >= 4 is 15.7 Å². The molecule has 0 fully saturated rings. The summed E-state index contributed by atoms with van der Waals surface area (Å²) in [5.41, 5.74) is 7.30. The number of benzene rings is 1. The maximum Gasteiger partial charge on any atom is 0.241 e. The summed E-state index contributed by atoms with van der Waals surface area (Å²) in [5, 5.41) is 0. The molecule has 2 rings (SSSR count). The largest absolute Gasteiger partial charge is 0.398 e. The van der Waals surface area contributed by atoms with E-state index >= 15 is 0 Å². The molecule has 0 saturated heterocycles. The lowest BCUT2D eigenvalue weighted by molar-refractivity contribution is 0.575. The second kappa shape index (κ2) is 5.79. The molecule has 0 amide bonds. The Kier molecular flexibility index (Phi) is 4.24. The highest BCUT2D eigenvalue weighted by molar-refractivity contribution is 7.89. The van der Waals surface area contributed by atoms with Crippen molar-refractivity contribution in [3.8, 4) is 0 Å². The number of nitrogen functional groups attached to an aromatic ring is 1. The van der Waals surface area contributed by atoms with Crippen LogP contribution in [0.5, 0.6) is 0 Å². The monoisotopic (exact) mass is 309 g/mol. The van der Waals surface area contributed by atoms with Gasteiger partial charge in [-0.3, -0.25) is 4.98 Å². The number of hydrogen-bond donors (Lipinski definition) is 2. The molecular weight excluding hydrogens is 293 g/mol. The van der Waals surface area contributed by atoms with Crippen molar-refractivity contribution in [1.82, 2.24) is 9.71 Å². The van der Waals surface area contributed by atoms with E-state index in [0.717, 1.165) is 11.8 Å². The van der Waals surface area contributed by atoms with Crippen LogP contribution in [0.25, 0.3) is 0 Å². The number of aromatic nitrogens is 1. The molecule has 5 nitrogen and oxygen atoms in total. The van der Waals surface area contributed by atoms with Gasteiger partial charge in [0.05, 0.1) is 17.1 Å². The summed E-state index contributed by atoms with van der Waals surface area (Å²) in [6, 6.07) is 7.51. The van der Waals surface area contributed by atoms with Crippen molar-refractivity contribution in [3.05, 3.63) is 53.1 Å². The van der Waals surface area contributed by atoms with Crippen LogP contribution in [0, 0.1) is 19.7 Å². The number of nitrogens with one attached hydrogen (secondary N) is 1. The van der Waals surface area contributed by atoms with Gasteiger partial charge in [0.25, 0.3) is 0 Å². The summed E-state index contributed by atoms with van der Waals surface area (Å²) >= 11 is 0. The third kappa shape index (κ3) is 3.56. The van der Waals surface area contributed by atoms with Gasteiger partial charge in [-0.1, -0.05) is 6.07 Å². The maximum absolute atomic E-state index is 13.6. The summed E-state index contributed by atoms with van der Waals surface area (Å²) < 4.78 is 40.3. The van der Waals surface area contributed by atoms with Gasteiger partial charge in [0.15, 0.2) is 0 Å². The molecule has 0 saturated carbocycles. The van der Waals surface area contributed by atoms with Crippen molar-refractivity contribution in [3.63, 3.8) is 0 Å². The van der Waals surface area contributed by atoms with Gasteiger partial charge in [0.2, 0.25) is 10.0 Å². The lowest BCUT2D eigenvalue weighted by atomic mass is 10.2. The van der Waals surface area contributed by atoms with Crippen LogP contribution >= 0.6 is 0 Å². The normalized spacial score (nSPS) is 11.6. The van der Waals surface area contributed by atoms with Crippen LogP contribution in [0.3, 0.4) is 0 Å². The van der Waals surface area contributed by atoms with E-state index in [-0.39, 0.29) is 22.7 Å². The number of nitrogens with two attached hydrogens (primary N) is 1. The number of halogens is 1. The fraction of sp³-hybridized carbons (Fsp3) is 0.214. The first kappa shape index (κ1) is 15.4. The molecule has 112 valence electrons. The van der Waals surface area contributed by atoms with Crippen LogP contribution in [0.4, 0.5) is 10.1 Å². The second-order valence-corrected chi connectivity index (χ2v) is 6.48. The quantitative estimate of drug-likeness (QED) is 0.845. The van der Waals surface area contributed by atoms with Gasteiger partial charge in [-0.15, -0.1) is 0 Å². The maximum atomic E-state index is 13.6. The van der Waals surface area contributed by atoms with Crippen molar-refractivity contribution < 1.29 is 12.8 Å². The molecule has 0 aliphatic carbocycles. The van der Waals surface area contributed by atoms with E-state index in [1.807, 2.05) is 13.0 Å². The van der Waals surface area contributed by atoms with Crippen LogP contribution in [0.1, 0.15) is 17.0 Å². The van der Waals surface area contributed by atoms with Gasteiger partial charge in [-0.05, 0) is 38.1 Å². The number of aryl methyl sites for hydroxylation is 1. The number of hydrogen-bond acceptors (Lipinski definition) is 4. The minimum atomic E-state index is -3.84. The Bertz CT molecular complexity index is 753. The molecule has 0 unspecified atom stereocenters. The van der Waals surface area contributed by atoms with E-state index in [4.69, 9.17) is 5.73 Å². The highest BCUT2D eigenvalue weighted by Gasteiger charge is 2.17. The van der Waals surface area contributed by atoms with Crippen LogP contribution in [0.15, 0.2) is 35.2 Å². The SMILES string of the molecule is Cc1cccc(CNS(=O)(=O)c2cc(N)c(C)c(F)c2)n1. The zero-order chi connectivity index (χ0) is 15.6. The standard InChI is InChI=1S/C14H16FN3O2S/c1-9-4-3-5-11(18-9)8-17-21(19,20)12-6-13(15)10(2)14(16)7-12/h3-7,17H,8,16H2,1-2H3. The first-order valence-corrected chi connectivity index (χ1v) is 7.76. The second-order valence-electron chi connectivity index (χ2n) is 4.71. The molecule has 0 aliphatic heterocycles. The van der Waals surface area contributed by atoms with E-state index in [1.165, 1.54) is 13.0 Å². The van der Waals surface area contributed by atoms with Crippen LogP contribution in [-0.2, 0) is 16.6 Å². The van der Waals surface area contributed by atoms with E-state index in [0.29, 0.717) is 5.69 Å². The van der Waals surface area contributed by atoms with E-state index < -0.39 is 15.8 Å². The summed E-state index contributed by atoms with van der Waals surface area (Å²) in [4.78, 5) is 4.00. The Morgan fingerprint density at radius 1 is 1.29 bits per heavy atom. The van der Waals surface area contributed by atoms with E-state index in [2.05, 4.69) is 9.71 Å². The number of sulfonamides is 1. The Hall–Kier alpha value is -1.99. The molecule has 0 bridgehead atoms. The molecule has 0 spiro atoms. The first-order valence-electron chi connectivity index (χ1n) is 6.27. The average Bonchev–Trinajstić information content (AvgIpc) is 2.42. The Morgan fingerprint density at radius 3 is 2.62 bits per heavy atom. The van der Waals surface area contributed by atoms with Gasteiger partial charge < -0.3 is 5.73 Å². The molecule has 2 aromatic rings. The predicted octanol–water partition coefficient (Wildman–Crippen LogP) is 1.90. The average molecular weight is 309 g/mol. The zero-order valence-corrected chi connectivity index (χ0v) is 12.5. The number of nitrogens with zero attached hydrogens (tertiary/aromatic N) is 1. The van der Waals surface area contributed by atoms with Crippen molar-refractivity contribution in [2.24, 2.45) is 0 Å². The Balaban J connectivity index is 2.23.